The van der Waals surface area contributed by atoms with Gasteiger partial charge in [-0.15, -0.1) is 0 Å². The first-order valence-electron chi connectivity index (χ1n) is 5.84. The van der Waals surface area contributed by atoms with Crippen LogP contribution in [0.4, 0.5) is 0 Å². The first kappa shape index (κ1) is 12.4. The highest BCUT2D eigenvalue weighted by Gasteiger charge is 2.40. The topological polar surface area (TPSA) is 77.4 Å². The third kappa shape index (κ3) is 2.99. The molecule has 2 N–H and O–H groups in total. The van der Waals surface area contributed by atoms with Crippen molar-refractivity contribution in [2.45, 2.75) is 55.1 Å². The summed E-state index contributed by atoms with van der Waals surface area (Å²) in [5, 5.41) is 20.7. The van der Waals surface area contributed by atoms with E-state index in [0.29, 0.717) is 11.3 Å². The van der Waals surface area contributed by atoms with Crippen LogP contribution in [-0.2, 0) is 0 Å². The van der Waals surface area contributed by atoms with Crippen molar-refractivity contribution in [1.29, 1.82) is 5.26 Å². The molecule has 1 aromatic heterocycles. The number of H-pyrrole nitrogens is 1. The summed E-state index contributed by atoms with van der Waals surface area (Å²) < 4.78 is 0. The average Bonchev–Trinajstić information content (AvgIpc) is 2.89. The number of rotatable bonds is 4. The largest absolute Gasteiger partial charge is 0.297 e. The molecule has 2 unspecified atom stereocenters. The Hall–Kier alpha value is -1.06. The molecule has 0 amide bonds. The smallest absolute Gasteiger partial charge is 0.183 e. The van der Waals surface area contributed by atoms with Gasteiger partial charge in [-0.05, 0) is 33.1 Å². The maximum Gasteiger partial charge on any atom is 0.183 e. The van der Waals surface area contributed by atoms with Gasteiger partial charge in [0.05, 0.1) is 6.07 Å². The van der Waals surface area contributed by atoms with Crippen molar-refractivity contribution in [3.8, 4) is 6.07 Å². The van der Waals surface area contributed by atoms with Gasteiger partial charge in [-0.3, -0.25) is 10.4 Å². The fourth-order valence-corrected chi connectivity index (χ4v) is 3.46. The standard InChI is InChI=1S/C11H17N5S/c1-8(2)15-11(6-12)4-3-9(5-11)17-10-13-7-14-16-10/h7-9,15H,3-5H2,1-2H3,(H,13,14,16). The number of aromatic amines is 1. The van der Waals surface area contributed by atoms with Crippen LogP contribution in [0.2, 0.25) is 0 Å². The first-order valence-corrected chi connectivity index (χ1v) is 6.72. The van der Waals surface area contributed by atoms with Gasteiger partial charge < -0.3 is 0 Å². The Morgan fingerprint density at radius 2 is 2.53 bits per heavy atom. The van der Waals surface area contributed by atoms with Crippen LogP contribution < -0.4 is 5.32 Å². The fourth-order valence-electron chi connectivity index (χ4n) is 2.33. The van der Waals surface area contributed by atoms with Gasteiger partial charge in [0.15, 0.2) is 5.16 Å². The van der Waals surface area contributed by atoms with E-state index in [1.807, 2.05) is 0 Å². The maximum atomic E-state index is 9.35. The quantitative estimate of drug-likeness (QED) is 0.851. The van der Waals surface area contributed by atoms with Crippen molar-refractivity contribution >= 4 is 11.8 Å². The van der Waals surface area contributed by atoms with E-state index < -0.39 is 0 Å². The Balaban J connectivity index is 1.96. The molecular formula is C11H17N5S. The number of nitrogens with one attached hydrogen (secondary N) is 2. The van der Waals surface area contributed by atoms with Crippen molar-refractivity contribution in [2.24, 2.45) is 0 Å². The number of hydrogen-bond acceptors (Lipinski definition) is 5. The minimum Gasteiger partial charge on any atom is -0.297 e. The molecule has 17 heavy (non-hydrogen) atoms. The molecule has 0 radical (unpaired) electrons. The zero-order valence-electron chi connectivity index (χ0n) is 10.1. The average molecular weight is 251 g/mol. The predicted molar refractivity (Wildman–Crippen MR) is 66.5 cm³/mol. The van der Waals surface area contributed by atoms with Crippen LogP contribution in [0.25, 0.3) is 0 Å². The van der Waals surface area contributed by atoms with Crippen LogP contribution in [-0.4, -0.2) is 32.0 Å². The molecular weight excluding hydrogens is 234 g/mol. The molecule has 5 nitrogen and oxygen atoms in total. The van der Waals surface area contributed by atoms with Gasteiger partial charge in [-0.25, -0.2) is 4.98 Å². The first-order chi connectivity index (χ1) is 8.13. The number of nitriles is 1. The molecule has 1 saturated carbocycles. The molecule has 0 aliphatic heterocycles. The molecule has 1 fully saturated rings. The second-order valence-electron chi connectivity index (χ2n) is 4.77. The van der Waals surface area contributed by atoms with E-state index in [9.17, 15) is 5.26 Å². The summed E-state index contributed by atoms with van der Waals surface area (Å²) >= 11 is 1.68. The molecule has 1 aliphatic carbocycles. The van der Waals surface area contributed by atoms with Crippen LogP contribution in [0.5, 0.6) is 0 Å². The van der Waals surface area contributed by atoms with Gasteiger partial charge in [-0.1, -0.05) is 11.8 Å². The summed E-state index contributed by atoms with van der Waals surface area (Å²) in [5.41, 5.74) is -0.355. The molecule has 0 aromatic carbocycles. The summed E-state index contributed by atoms with van der Waals surface area (Å²) in [6.45, 7) is 4.16. The van der Waals surface area contributed by atoms with Crippen molar-refractivity contribution < 1.29 is 0 Å². The highest BCUT2D eigenvalue weighted by molar-refractivity contribution is 7.99. The summed E-state index contributed by atoms with van der Waals surface area (Å²) in [5.74, 6) is 0. The number of aromatic nitrogens is 3. The molecule has 2 atom stereocenters. The van der Waals surface area contributed by atoms with E-state index in [0.717, 1.165) is 24.4 Å². The van der Waals surface area contributed by atoms with Gasteiger partial charge in [0.2, 0.25) is 0 Å². The minimum atomic E-state index is -0.355. The third-order valence-electron chi connectivity index (χ3n) is 2.92. The summed E-state index contributed by atoms with van der Waals surface area (Å²) in [6.07, 6.45) is 4.33. The maximum absolute atomic E-state index is 9.35. The monoisotopic (exact) mass is 251 g/mol. The number of hydrogen-bond donors (Lipinski definition) is 2. The van der Waals surface area contributed by atoms with Gasteiger partial charge in [-0.2, -0.15) is 10.4 Å². The Kier molecular flexibility index (Phi) is 3.69. The Morgan fingerprint density at radius 1 is 1.71 bits per heavy atom. The molecule has 6 heteroatoms. The third-order valence-corrected chi connectivity index (χ3v) is 4.08. The normalized spacial score (nSPS) is 28.5. The lowest BCUT2D eigenvalue weighted by molar-refractivity contribution is 0.386. The Bertz CT molecular complexity index is 396. The van der Waals surface area contributed by atoms with Gasteiger partial charge in [0.25, 0.3) is 0 Å². The molecule has 0 saturated heterocycles. The van der Waals surface area contributed by atoms with Gasteiger partial charge >= 0.3 is 0 Å². The molecule has 0 bridgehead atoms. The van der Waals surface area contributed by atoms with Crippen LogP contribution in [0.1, 0.15) is 33.1 Å². The molecule has 92 valence electrons. The van der Waals surface area contributed by atoms with E-state index in [-0.39, 0.29) is 5.54 Å². The fraction of sp³-hybridized carbons (Fsp3) is 0.727. The van der Waals surface area contributed by atoms with Crippen LogP contribution in [0.15, 0.2) is 11.5 Å². The summed E-state index contributed by atoms with van der Waals surface area (Å²) in [4.78, 5) is 4.11. The zero-order chi connectivity index (χ0) is 12.3. The van der Waals surface area contributed by atoms with Crippen molar-refractivity contribution in [1.82, 2.24) is 20.5 Å². The number of nitrogens with zero attached hydrogens (tertiary/aromatic N) is 3. The molecule has 1 heterocycles. The van der Waals surface area contributed by atoms with Crippen molar-refractivity contribution in [3.63, 3.8) is 0 Å². The highest BCUT2D eigenvalue weighted by Crippen LogP contribution is 2.39. The Labute approximate surface area is 105 Å². The SMILES string of the molecule is CC(C)NC1(C#N)CCC(Sc2ncn[nH]2)C1. The highest BCUT2D eigenvalue weighted by atomic mass is 32.2. The lowest BCUT2D eigenvalue weighted by Gasteiger charge is -2.25. The number of thioether (sulfide) groups is 1. The second kappa shape index (κ2) is 5.07. The van der Waals surface area contributed by atoms with Gasteiger partial charge in [0, 0.05) is 11.3 Å². The second-order valence-corrected chi connectivity index (χ2v) is 6.06. The lowest BCUT2D eigenvalue weighted by Crippen LogP contribution is -2.45. The predicted octanol–water partition coefficient (Wildman–Crippen LogP) is 1.71. The summed E-state index contributed by atoms with van der Waals surface area (Å²) in [7, 11) is 0. The zero-order valence-corrected chi connectivity index (χ0v) is 10.9. The van der Waals surface area contributed by atoms with E-state index >= 15 is 0 Å². The van der Waals surface area contributed by atoms with Crippen LogP contribution in [0, 0.1) is 11.3 Å². The van der Waals surface area contributed by atoms with E-state index in [1.165, 1.54) is 6.33 Å². The van der Waals surface area contributed by atoms with Crippen LogP contribution in [0.3, 0.4) is 0 Å². The molecule has 1 aliphatic rings. The summed E-state index contributed by atoms with van der Waals surface area (Å²) in [6, 6.07) is 2.78. The molecule has 0 spiro atoms. The van der Waals surface area contributed by atoms with Crippen molar-refractivity contribution in [3.05, 3.63) is 6.33 Å². The van der Waals surface area contributed by atoms with Crippen molar-refractivity contribution in [2.75, 3.05) is 0 Å². The van der Waals surface area contributed by atoms with E-state index in [1.54, 1.807) is 11.8 Å². The minimum absolute atomic E-state index is 0.337. The molecule has 2 rings (SSSR count). The van der Waals surface area contributed by atoms with E-state index in [2.05, 4.69) is 40.4 Å². The lowest BCUT2D eigenvalue weighted by atomic mass is 9.99. The van der Waals surface area contributed by atoms with Crippen LogP contribution >= 0.6 is 11.8 Å². The van der Waals surface area contributed by atoms with E-state index in [4.69, 9.17) is 0 Å². The Morgan fingerprint density at radius 3 is 3.12 bits per heavy atom. The van der Waals surface area contributed by atoms with Gasteiger partial charge in [0.1, 0.15) is 11.9 Å². The molecule has 1 aromatic rings.